The van der Waals surface area contributed by atoms with Crippen LogP contribution in [0.4, 0.5) is 21.5 Å². The average Bonchev–Trinajstić information content (AvgIpc) is 2.49. The van der Waals surface area contributed by atoms with Crippen molar-refractivity contribution in [3.05, 3.63) is 53.3 Å². The maximum atomic E-state index is 14.0. The lowest BCUT2D eigenvalue weighted by molar-refractivity contribution is 0.0602. The van der Waals surface area contributed by atoms with Gasteiger partial charge in [0.05, 0.1) is 18.4 Å². The molecule has 0 saturated carbocycles. The highest BCUT2D eigenvalue weighted by molar-refractivity contribution is 5.96. The van der Waals surface area contributed by atoms with E-state index in [1.807, 2.05) is 31.2 Å². The summed E-state index contributed by atoms with van der Waals surface area (Å²) >= 11 is 0. The lowest BCUT2D eigenvalue weighted by Crippen LogP contribution is -2.07. The van der Waals surface area contributed by atoms with E-state index in [1.54, 1.807) is 0 Å². The van der Waals surface area contributed by atoms with Gasteiger partial charge in [-0.3, -0.25) is 0 Å². The van der Waals surface area contributed by atoms with Crippen molar-refractivity contribution in [3.63, 3.8) is 0 Å². The third kappa shape index (κ3) is 3.31. The first-order valence-electron chi connectivity index (χ1n) is 6.58. The second-order valence-electron chi connectivity index (χ2n) is 4.59. The normalized spacial score (nSPS) is 10.2. The van der Waals surface area contributed by atoms with E-state index >= 15 is 0 Å². The molecule has 0 aliphatic heterocycles. The van der Waals surface area contributed by atoms with E-state index in [-0.39, 0.29) is 16.9 Å². The number of rotatable bonds is 4. The Hall–Kier alpha value is -2.56. The lowest BCUT2D eigenvalue weighted by atomic mass is 10.1. The van der Waals surface area contributed by atoms with E-state index in [0.29, 0.717) is 0 Å². The molecule has 2 rings (SSSR count). The number of carbonyl (C=O) groups is 1. The molecule has 2 aromatic carbocycles. The van der Waals surface area contributed by atoms with Gasteiger partial charge in [0.15, 0.2) is 0 Å². The fourth-order valence-electron chi connectivity index (χ4n) is 2.00. The molecule has 0 bridgehead atoms. The molecule has 0 spiro atoms. The van der Waals surface area contributed by atoms with Gasteiger partial charge in [-0.2, -0.15) is 0 Å². The van der Waals surface area contributed by atoms with Crippen LogP contribution in [-0.2, 0) is 11.2 Å². The molecule has 0 radical (unpaired) electrons. The highest BCUT2D eigenvalue weighted by Gasteiger charge is 2.14. The van der Waals surface area contributed by atoms with Crippen LogP contribution in [0.3, 0.4) is 0 Å². The Morgan fingerprint density at radius 3 is 2.76 bits per heavy atom. The average molecular weight is 288 g/mol. The molecule has 0 aliphatic carbocycles. The standard InChI is InChI=1S/C16H17FN2O2/c1-3-10-5-4-6-11(7-10)19-15-8-12(16(20)21-2)14(18)9-13(15)17/h4-9,19H,3,18H2,1-2H3. The van der Waals surface area contributed by atoms with Crippen LogP contribution in [0.5, 0.6) is 0 Å². The number of nitrogen functional groups attached to an aromatic ring is 1. The molecule has 3 N–H and O–H groups in total. The minimum Gasteiger partial charge on any atom is -0.465 e. The smallest absolute Gasteiger partial charge is 0.340 e. The minimum absolute atomic E-state index is 0.0483. The minimum atomic E-state index is -0.599. The molecular formula is C16H17FN2O2. The zero-order valence-corrected chi connectivity index (χ0v) is 11.9. The Bertz CT molecular complexity index is 671. The molecule has 0 saturated heterocycles. The number of esters is 1. The van der Waals surface area contributed by atoms with Crippen molar-refractivity contribution >= 4 is 23.0 Å². The number of nitrogens with one attached hydrogen (secondary N) is 1. The number of anilines is 3. The molecule has 0 aromatic heterocycles. The van der Waals surface area contributed by atoms with Crippen molar-refractivity contribution in [2.75, 3.05) is 18.2 Å². The molecular weight excluding hydrogens is 271 g/mol. The molecule has 2 aromatic rings. The highest BCUT2D eigenvalue weighted by atomic mass is 19.1. The highest BCUT2D eigenvalue weighted by Crippen LogP contribution is 2.26. The van der Waals surface area contributed by atoms with E-state index in [4.69, 9.17) is 5.73 Å². The van der Waals surface area contributed by atoms with Gasteiger partial charge >= 0.3 is 5.97 Å². The quantitative estimate of drug-likeness (QED) is 0.667. The number of methoxy groups -OCH3 is 1. The summed E-state index contributed by atoms with van der Waals surface area (Å²) < 4.78 is 18.6. The van der Waals surface area contributed by atoms with Crippen LogP contribution in [-0.4, -0.2) is 13.1 Å². The van der Waals surface area contributed by atoms with Crippen molar-refractivity contribution < 1.29 is 13.9 Å². The van der Waals surface area contributed by atoms with Gasteiger partial charge in [-0.15, -0.1) is 0 Å². The molecule has 0 atom stereocenters. The van der Waals surface area contributed by atoms with Crippen LogP contribution in [0.2, 0.25) is 0 Å². The second-order valence-corrected chi connectivity index (χ2v) is 4.59. The summed E-state index contributed by atoms with van der Waals surface area (Å²) in [4.78, 5) is 11.6. The van der Waals surface area contributed by atoms with Crippen LogP contribution in [0.15, 0.2) is 36.4 Å². The Kier molecular flexibility index (Phi) is 4.42. The number of carbonyl (C=O) groups excluding carboxylic acids is 1. The predicted molar refractivity (Wildman–Crippen MR) is 81.3 cm³/mol. The first-order valence-corrected chi connectivity index (χ1v) is 6.58. The number of ether oxygens (including phenoxy) is 1. The molecule has 21 heavy (non-hydrogen) atoms. The number of benzene rings is 2. The fraction of sp³-hybridized carbons (Fsp3) is 0.188. The third-order valence-electron chi connectivity index (χ3n) is 3.16. The SMILES string of the molecule is CCc1cccc(Nc2cc(C(=O)OC)c(N)cc2F)c1. The van der Waals surface area contributed by atoms with Crippen molar-refractivity contribution in [1.82, 2.24) is 0 Å². The Labute approximate surface area is 122 Å². The van der Waals surface area contributed by atoms with E-state index < -0.39 is 11.8 Å². The molecule has 0 fully saturated rings. The second kappa shape index (κ2) is 6.26. The van der Waals surface area contributed by atoms with Gasteiger partial charge in [0.1, 0.15) is 5.82 Å². The summed E-state index contributed by atoms with van der Waals surface area (Å²) in [6.45, 7) is 2.04. The summed E-state index contributed by atoms with van der Waals surface area (Å²) in [7, 11) is 1.25. The van der Waals surface area contributed by atoms with Gasteiger partial charge in [0.25, 0.3) is 0 Å². The van der Waals surface area contributed by atoms with Crippen LogP contribution in [0, 0.1) is 5.82 Å². The van der Waals surface area contributed by atoms with Crippen LogP contribution < -0.4 is 11.1 Å². The maximum Gasteiger partial charge on any atom is 0.340 e. The monoisotopic (exact) mass is 288 g/mol. The first kappa shape index (κ1) is 14.8. The summed E-state index contributed by atoms with van der Waals surface area (Å²) in [6.07, 6.45) is 0.882. The van der Waals surface area contributed by atoms with E-state index in [1.165, 1.54) is 13.2 Å². The van der Waals surface area contributed by atoms with Gasteiger partial charge in [-0.1, -0.05) is 19.1 Å². The first-order chi connectivity index (χ1) is 10.0. The maximum absolute atomic E-state index is 14.0. The number of hydrogen-bond acceptors (Lipinski definition) is 4. The van der Waals surface area contributed by atoms with Gasteiger partial charge < -0.3 is 15.8 Å². The Balaban J connectivity index is 2.37. The number of nitrogens with two attached hydrogens (primary N) is 1. The van der Waals surface area contributed by atoms with E-state index in [9.17, 15) is 9.18 Å². The summed E-state index contributed by atoms with van der Waals surface area (Å²) in [5, 5.41) is 2.96. The number of aryl methyl sites for hydroxylation is 1. The van der Waals surface area contributed by atoms with Crippen molar-refractivity contribution in [2.24, 2.45) is 0 Å². The molecule has 110 valence electrons. The molecule has 0 amide bonds. The van der Waals surface area contributed by atoms with Crippen LogP contribution in [0.1, 0.15) is 22.8 Å². The van der Waals surface area contributed by atoms with Crippen molar-refractivity contribution in [2.45, 2.75) is 13.3 Å². The fourth-order valence-corrected chi connectivity index (χ4v) is 2.00. The van der Waals surface area contributed by atoms with Crippen molar-refractivity contribution in [3.8, 4) is 0 Å². The van der Waals surface area contributed by atoms with Gasteiger partial charge in [-0.05, 0) is 36.2 Å². The number of hydrogen-bond donors (Lipinski definition) is 2. The van der Waals surface area contributed by atoms with Gasteiger partial charge in [0, 0.05) is 11.4 Å². The largest absolute Gasteiger partial charge is 0.465 e. The molecule has 4 nitrogen and oxygen atoms in total. The number of halogens is 1. The molecule has 5 heteroatoms. The van der Waals surface area contributed by atoms with Crippen LogP contribution >= 0.6 is 0 Å². The summed E-state index contributed by atoms with van der Waals surface area (Å²) in [6, 6.07) is 10.1. The zero-order chi connectivity index (χ0) is 15.4. The zero-order valence-electron chi connectivity index (χ0n) is 11.9. The van der Waals surface area contributed by atoms with E-state index in [2.05, 4.69) is 10.1 Å². The van der Waals surface area contributed by atoms with Crippen LogP contribution in [0.25, 0.3) is 0 Å². The Morgan fingerprint density at radius 1 is 1.33 bits per heavy atom. The summed E-state index contributed by atoms with van der Waals surface area (Å²) in [5.74, 6) is -1.13. The van der Waals surface area contributed by atoms with Gasteiger partial charge in [0.2, 0.25) is 0 Å². The van der Waals surface area contributed by atoms with E-state index in [0.717, 1.165) is 23.7 Å². The Morgan fingerprint density at radius 2 is 2.10 bits per heavy atom. The van der Waals surface area contributed by atoms with Crippen molar-refractivity contribution in [1.29, 1.82) is 0 Å². The topological polar surface area (TPSA) is 64.3 Å². The van der Waals surface area contributed by atoms with Gasteiger partial charge in [-0.25, -0.2) is 9.18 Å². The lowest BCUT2D eigenvalue weighted by Gasteiger charge is -2.12. The molecule has 0 unspecified atom stereocenters. The predicted octanol–water partition coefficient (Wildman–Crippen LogP) is 3.50. The molecule has 0 heterocycles. The summed E-state index contributed by atoms with van der Waals surface area (Å²) in [5.41, 5.74) is 7.87. The third-order valence-corrected chi connectivity index (χ3v) is 3.16. The molecule has 0 aliphatic rings.